The number of ether oxygens (including phenoxy) is 3. The number of aryl methyl sites for hydroxylation is 2. The van der Waals surface area contributed by atoms with E-state index in [9.17, 15) is 0 Å². The molecule has 0 spiro atoms. The molecule has 0 amide bonds. The van der Waals surface area contributed by atoms with Gasteiger partial charge in [-0.3, -0.25) is 0 Å². The van der Waals surface area contributed by atoms with Crippen molar-refractivity contribution < 1.29 is 14.2 Å². The Morgan fingerprint density at radius 3 is 2.38 bits per heavy atom. The van der Waals surface area contributed by atoms with Crippen molar-refractivity contribution in [3.63, 3.8) is 0 Å². The van der Waals surface area contributed by atoms with Gasteiger partial charge in [-0.05, 0) is 59.8 Å². The number of aromatic nitrogens is 2. The Bertz CT molecular complexity index is 1270. The highest BCUT2D eigenvalue weighted by atomic mass is 16.5. The highest BCUT2D eigenvalue weighted by Gasteiger charge is 2.17. The zero-order valence-corrected chi connectivity index (χ0v) is 19.7. The molecule has 6 nitrogen and oxygen atoms in total. The van der Waals surface area contributed by atoms with E-state index in [1.807, 2.05) is 30.5 Å². The number of benzene rings is 3. The summed E-state index contributed by atoms with van der Waals surface area (Å²) in [6, 6.07) is 20.8. The van der Waals surface area contributed by atoms with Crippen LogP contribution in [0.3, 0.4) is 0 Å². The fourth-order valence-corrected chi connectivity index (χ4v) is 4.39. The quantitative estimate of drug-likeness (QED) is 0.394. The van der Waals surface area contributed by atoms with E-state index in [1.165, 1.54) is 16.6 Å². The Morgan fingerprint density at radius 1 is 0.853 bits per heavy atom. The lowest BCUT2D eigenvalue weighted by atomic mass is 10.0. The molecule has 0 bridgehead atoms. The molecule has 1 fully saturated rings. The SMILES string of the molecule is COc1ccc(CCc2nccc(-c3cc(N4CCOCC4)c4cc(OC)ccc4c3)n2)cc1. The molecule has 1 aliphatic heterocycles. The van der Waals surface area contributed by atoms with Crippen LogP contribution in [0.5, 0.6) is 11.5 Å². The maximum absolute atomic E-state index is 5.59. The third-order valence-corrected chi connectivity index (χ3v) is 6.29. The monoisotopic (exact) mass is 455 g/mol. The van der Waals surface area contributed by atoms with Gasteiger partial charge in [0.15, 0.2) is 0 Å². The second-order valence-electron chi connectivity index (χ2n) is 8.39. The summed E-state index contributed by atoms with van der Waals surface area (Å²) in [5, 5.41) is 2.34. The second kappa shape index (κ2) is 10.1. The standard InChI is InChI=1S/C28H29N3O3/c1-32-23-7-3-20(4-8-23)5-10-28-29-12-11-26(30-28)22-17-21-6-9-24(33-2)19-25(21)27(18-22)31-13-15-34-16-14-31/h3-4,6-9,11-12,17-19H,5,10,13-16H2,1-2H3. The molecule has 4 aromatic rings. The molecular formula is C28H29N3O3. The molecule has 3 aromatic carbocycles. The molecule has 0 saturated carbocycles. The molecule has 5 rings (SSSR count). The summed E-state index contributed by atoms with van der Waals surface area (Å²) in [5.41, 5.74) is 4.45. The first-order valence-corrected chi connectivity index (χ1v) is 11.6. The number of fused-ring (bicyclic) bond motifs is 1. The van der Waals surface area contributed by atoms with Crippen molar-refractivity contribution in [3.05, 3.63) is 78.2 Å². The van der Waals surface area contributed by atoms with Gasteiger partial charge in [0.05, 0.1) is 33.1 Å². The van der Waals surface area contributed by atoms with Gasteiger partial charge < -0.3 is 19.1 Å². The number of morpholine rings is 1. The first-order valence-electron chi connectivity index (χ1n) is 11.6. The molecule has 0 radical (unpaired) electrons. The van der Waals surface area contributed by atoms with Crippen LogP contribution in [0, 0.1) is 0 Å². The van der Waals surface area contributed by atoms with Gasteiger partial charge in [-0.15, -0.1) is 0 Å². The summed E-state index contributed by atoms with van der Waals surface area (Å²) in [4.78, 5) is 11.8. The largest absolute Gasteiger partial charge is 0.497 e. The lowest BCUT2D eigenvalue weighted by Gasteiger charge is -2.30. The third kappa shape index (κ3) is 4.82. The van der Waals surface area contributed by atoms with Gasteiger partial charge in [0.2, 0.25) is 0 Å². The Labute approximate surface area is 200 Å². The lowest BCUT2D eigenvalue weighted by molar-refractivity contribution is 0.123. The molecule has 1 aromatic heterocycles. The molecule has 2 heterocycles. The summed E-state index contributed by atoms with van der Waals surface area (Å²) in [6.45, 7) is 3.21. The molecule has 0 aliphatic carbocycles. The van der Waals surface area contributed by atoms with E-state index >= 15 is 0 Å². The zero-order valence-electron chi connectivity index (χ0n) is 19.7. The van der Waals surface area contributed by atoms with Crippen LogP contribution in [-0.4, -0.2) is 50.5 Å². The first-order chi connectivity index (χ1) is 16.7. The number of hydrogen-bond donors (Lipinski definition) is 0. The average molecular weight is 456 g/mol. The van der Waals surface area contributed by atoms with Crippen LogP contribution in [0.4, 0.5) is 5.69 Å². The van der Waals surface area contributed by atoms with Crippen LogP contribution in [0.15, 0.2) is 66.9 Å². The van der Waals surface area contributed by atoms with Crippen molar-refractivity contribution in [1.82, 2.24) is 9.97 Å². The Kier molecular flexibility index (Phi) is 6.58. The number of nitrogens with zero attached hydrogens (tertiary/aromatic N) is 3. The van der Waals surface area contributed by atoms with E-state index in [2.05, 4.69) is 46.3 Å². The van der Waals surface area contributed by atoms with Crippen molar-refractivity contribution in [2.24, 2.45) is 0 Å². The molecule has 0 N–H and O–H groups in total. The predicted octanol–water partition coefficient (Wildman–Crippen LogP) is 4.94. The maximum Gasteiger partial charge on any atom is 0.129 e. The Morgan fingerprint density at radius 2 is 1.62 bits per heavy atom. The number of rotatable bonds is 7. The minimum atomic E-state index is 0.735. The summed E-state index contributed by atoms with van der Waals surface area (Å²) in [5.74, 6) is 2.57. The van der Waals surface area contributed by atoms with Crippen molar-refractivity contribution in [3.8, 4) is 22.8 Å². The van der Waals surface area contributed by atoms with Crippen molar-refractivity contribution >= 4 is 16.5 Å². The molecule has 174 valence electrons. The smallest absolute Gasteiger partial charge is 0.129 e. The van der Waals surface area contributed by atoms with Gasteiger partial charge in [-0.2, -0.15) is 0 Å². The maximum atomic E-state index is 5.59. The van der Waals surface area contributed by atoms with Crippen LogP contribution in [-0.2, 0) is 17.6 Å². The van der Waals surface area contributed by atoms with E-state index < -0.39 is 0 Å². The Balaban J connectivity index is 1.46. The summed E-state index contributed by atoms with van der Waals surface area (Å²) in [7, 11) is 3.39. The fourth-order valence-electron chi connectivity index (χ4n) is 4.39. The van der Waals surface area contributed by atoms with Crippen molar-refractivity contribution in [2.45, 2.75) is 12.8 Å². The van der Waals surface area contributed by atoms with E-state index in [-0.39, 0.29) is 0 Å². The van der Waals surface area contributed by atoms with E-state index in [1.54, 1.807) is 14.2 Å². The van der Waals surface area contributed by atoms with Crippen LogP contribution >= 0.6 is 0 Å². The predicted molar refractivity (Wildman–Crippen MR) is 135 cm³/mol. The normalized spacial score (nSPS) is 13.8. The molecular weight excluding hydrogens is 426 g/mol. The Hall–Kier alpha value is -3.64. The van der Waals surface area contributed by atoms with Gasteiger partial charge in [0.25, 0.3) is 0 Å². The summed E-state index contributed by atoms with van der Waals surface area (Å²) >= 11 is 0. The number of methoxy groups -OCH3 is 2. The third-order valence-electron chi connectivity index (χ3n) is 6.29. The highest BCUT2D eigenvalue weighted by Crippen LogP contribution is 2.35. The molecule has 0 atom stereocenters. The van der Waals surface area contributed by atoms with Crippen LogP contribution in [0.1, 0.15) is 11.4 Å². The van der Waals surface area contributed by atoms with Gasteiger partial charge in [-0.25, -0.2) is 9.97 Å². The fraction of sp³-hybridized carbons (Fsp3) is 0.286. The highest BCUT2D eigenvalue weighted by molar-refractivity contribution is 5.98. The topological polar surface area (TPSA) is 56.7 Å². The zero-order chi connectivity index (χ0) is 23.3. The van der Waals surface area contributed by atoms with Crippen LogP contribution < -0.4 is 14.4 Å². The number of anilines is 1. The van der Waals surface area contributed by atoms with E-state index in [0.29, 0.717) is 0 Å². The minimum absolute atomic E-state index is 0.735. The molecule has 1 saturated heterocycles. The van der Waals surface area contributed by atoms with Gasteiger partial charge >= 0.3 is 0 Å². The van der Waals surface area contributed by atoms with E-state index in [0.717, 1.165) is 73.1 Å². The van der Waals surface area contributed by atoms with Crippen molar-refractivity contribution in [1.29, 1.82) is 0 Å². The minimum Gasteiger partial charge on any atom is -0.497 e. The molecule has 1 aliphatic rings. The molecule has 34 heavy (non-hydrogen) atoms. The van der Waals surface area contributed by atoms with Crippen LogP contribution in [0.25, 0.3) is 22.0 Å². The second-order valence-corrected chi connectivity index (χ2v) is 8.39. The molecule has 0 unspecified atom stereocenters. The molecule has 6 heteroatoms. The van der Waals surface area contributed by atoms with Gasteiger partial charge in [-0.1, -0.05) is 18.2 Å². The van der Waals surface area contributed by atoms with Crippen LogP contribution in [0.2, 0.25) is 0 Å². The summed E-state index contributed by atoms with van der Waals surface area (Å²) < 4.78 is 16.3. The summed E-state index contributed by atoms with van der Waals surface area (Å²) in [6.07, 6.45) is 3.52. The van der Waals surface area contributed by atoms with E-state index in [4.69, 9.17) is 19.2 Å². The average Bonchev–Trinajstić information content (AvgIpc) is 2.92. The lowest BCUT2D eigenvalue weighted by Crippen LogP contribution is -2.36. The number of hydrogen-bond acceptors (Lipinski definition) is 6. The van der Waals surface area contributed by atoms with Gasteiger partial charge in [0.1, 0.15) is 17.3 Å². The first kappa shape index (κ1) is 22.2. The van der Waals surface area contributed by atoms with Gasteiger partial charge in [0, 0.05) is 42.3 Å². The van der Waals surface area contributed by atoms with Crippen molar-refractivity contribution in [2.75, 3.05) is 45.4 Å².